The van der Waals surface area contributed by atoms with Gasteiger partial charge in [-0.2, -0.15) is 0 Å². The normalized spacial score (nSPS) is 21.8. The number of nitrogens with zero attached hydrogens (tertiary/aromatic N) is 3. The summed E-state index contributed by atoms with van der Waals surface area (Å²) in [4.78, 5) is 47.2. The van der Waals surface area contributed by atoms with Crippen LogP contribution in [-0.4, -0.2) is 34.4 Å². The lowest BCUT2D eigenvalue weighted by Gasteiger charge is -2.15. The number of hydrogen-bond acceptors (Lipinski definition) is 6. The minimum Gasteiger partial charge on any atom is -0.381 e. The van der Waals surface area contributed by atoms with Crippen LogP contribution in [-0.2, 0) is 14.4 Å². The second-order valence-electron chi connectivity index (χ2n) is 5.84. The molecular weight excluding hydrogens is 322 g/mol. The van der Waals surface area contributed by atoms with Crippen LogP contribution in [0.3, 0.4) is 0 Å². The number of ketones is 1. The standard InChI is InChI=1S/C18H13N3O4/c1-10(22)11-4-6-13(7-5-11)21-17(23)14-15(12-3-2-8-19-9-12)20-25-16(14)18(21)24/h2-9,14,16H,1H3. The molecule has 2 atom stereocenters. The smallest absolute Gasteiger partial charge is 0.278 e. The number of hydrogen-bond donors (Lipinski definition) is 0. The first-order chi connectivity index (χ1) is 12.1. The second kappa shape index (κ2) is 5.62. The fourth-order valence-corrected chi connectivity index (χ4v) is 3.03. The molecule has 2 aliphatic rings. The van der Waals surface area contributed by atoms with Gasteiger partial charge in [-0.05, 0) is 43.3 Å². The van der Waals surface area contributed by atoms with Gasteiger partial charge < -0.3 is 4.84 Å². The van der Waals surface area contributed by atoms with Crippen LogP contribution in [0.15, 0.2) is 53.9 Å². The van der Waals surface area contributed by atoms with E-state index in [1.54, 1.807) is 48.8 Å². The fourth-order valence-electron chi connectivity index (χ4n) is 3.03. The molecule has 7 heteroatoms. The van der Waals surface area contributed by atoms with Crippen LogP contribution < -0.4 is 4.90 Å². The highest BCUT2D eigenvalue weighted by molar-refractivity contribution is 6.32. The van der Waals surface area contributed by atoms with Crippen LogP contribution in [0.1, 0.15) is 22.8 Å². The first-order valence-corrected chi connectivity index (χ1v) is 7.71. The average molecular weight is 335 g/mol. The maximum absolute atomic E-state index is 12.9. The van der Waals surface area contributed by atoms with Crippen LogP contribution in [0.5, 0.6) is 0 Å². The van der Waals surface area contributed by atoms with Gasteiger partial charge in [0.25, 0.3) is 5.91 Å². The summed E-state index contributed by atoms with van der Waals surface area (Å²) in [5.41, 5.74) is 1.96. The van der Waals surface area contributed by atoms with E-state index in [0.29, 0.717) is 22.5 Å². The van der Waals surface area contributed by atoms with Crippen molar-refractivity contribution in [1.29, 1.82) is 0 Å². The first-order valence-electron chi connectivity index (χ1n) is 7.71. The Bertz CT molecular complexity index is 906. The van der Waals surface area contributed by atoms with Crippen molar-refractivity contribution < 1.29 is 19.2 Å². The molecule has 3 heterocycles. The number of anilines is 1. The molecule has 1 aromatic carbocycles. The summed E-state index contributed by atoms with van der Waals surface area (Å²) >= 11 is 0. The minimum absolute atomic E-state index is 0.0863. The molecule has 1 fully saturated rings. The van der Waals surface area contributed by atoms with Gasteiger partial charge in [-0.15, -0.1) is 0 Å². The number of Topliss-reactive ketones (excluding diaryl/α,β-unsaturated/α-hetero) is 1. The van der Waals surface area contributed by atoms with Gasteiger partial charge in [0, 0.05) is 23.5 Å². The summed E-state index contributed by atoms with van der Waals surface area (Å²) in [5.74, 6) is -1.74. The zero-order valence-corrected chi connectivity index (χ0v) is 13.2. The zero-order valence-electron chi connectivity index (χ0n) is 13.2. The highest BCUT2D eigenvalue weighted by Gasteiger charge is 2.56. The Hall–Kier alpha value is -3.35. The maximum Gasteiger partial charge on any atom is 0.278 e. The third kappa shape index (κ3) is 2.32. The Morgan fingerprint density at radius 2 is 1.88 bits per heavy atom. The molecule has 2 aliphatic heterocycles. The molecule has 7 nitrogen and oxygen atoms in total. The van der Waals surface area contributed by atoms with Crippen molar-refractivity contribution in [2.24, 2.45) is 11.1 Å². The molecule has 0 radical (unpaired) electrons. The molecular formula is C18H13N3O4. The van der Waals surface area contributed by atoms with Crippen LogP contribution in [0, 0.1) is 5.92 Å². The van der Waals surface area contributed by atoms with E-state index in [2.05, 4.69) is 10.1 Å². The van der Waals surface area contributed by atoms with Crippen LogP contribution in [0.25, 0.3) is 0 Å². The van der Waals surface area contributed by atoms with Crippen molar-refractivity contribution in [2.45, 2.75) is 13.0 Å². The summed E-state index contributed by atoms with van der Waals surface area (Å²) in [6, 6.07) is 9.82. The molecule has 1 aromatic heterocycles. The number of imide groups is 1. The van der Waals surface area contributed by atoms with Gasteiger partial charge in [0.15, 0.2) is 5.78 Å². The second-order valence-corrected chi connectivity index (χ2v) is 5.84. The zero-order chi connectivity index (χ0) is 17.6. The lowest BCUT2D eigenvalue weighted by atomic mass is 9.95. The third-order valence-electron chi connectivity index (χ3n) is 4.30. The van der Waals surface area contributed by atoms with E-state index in [4.69, 9.17) is 4.84 Å². The summed E-state index contributed by atoms with van der Waals surface area (Å²) < 4.78 is 0. The first kappa shape index (κ1) is 15.2. The molecule has 4 rings (SSSR count). The predicted molar refractivity (Wildman–Crippen MR) is 88.1 cm³/mol. The van der Waals surface area contributed by atoms with E-state index in [0.717, 1.165) is 4.90 Å². The summed E-state index contributed by atoms with van der Waals surface area (Å²) in [7, 11) is 0. The quantitative estimate of drug-likeness (QED) is 0.627. The minimum atomic E-state index is -0.963. The number of aromatic nitrogens is 1. The molecule has 2 amide bonds. The van der Waals surface area contributed by atoms with Crippen molar-refractivity contribution >= 4 is 29.0 Å². The number of carbonyl (C=O) groups excluding carboxylic acids is 3. The van der Waals surface area contributed by atoms with Gasteiger partial charge in [0.1, 0.15) is 11.6 Å². The predicted octanol–water partition coefficient (Wildman–Crippen LogP) is 1.58. The molecule has 0 bridgehead atoms. The van der Waals surface area contributed by atoms with E-state index >= 15 is 0 Å². The Morgan fingerprint density at radius 1 is 1.12 bits per heavy atom. The van der Waals surface area contributed by atoms with Crippen molar-refractivity contribution in [2.75, 3.05) is 4.90 Å². The van der Waals surface area contributed by atoms with Gasteiger partial charge in [0.2, 0.25) is 12.0 Å². The van der Waals surface area contributed by atoms with Gasteiger partial charge in [-0.3, -0.25) is 19.4 Å². The Kier molecular flexibility index (Phi) is 3.42. The summed E-state index contributed by atoms with van der Waals surface area (Å²) in [6.07, 6.45) is 2.23. The largest absolute Gasteiger partial charge is 0.381 e. The Balaban J connectivity index is 1.67. The molecule has 1 saturated heterocycles. The van der Waals surface area contributed by atoms with E-state index in [-0.39, 0.29) is 5.78 Å². The van der Waals surface area contributed by atoms with Crippen molar-refractivity contribution in [3.05, 3.63) is 59.9 Å². The fraction of sp³-hybridized carbons (Fsp3) is 0.167. The topological polar surface area (TPSA) is 88.9 Å². The highest BCUT2D eigenvalue weighted by Crippen LogP contribution is 2.35. The van der Waals surface area contributed by atoms with Crippen molar-refractivity contribution in [3.63, 3.8) is 0 Å². The number of benzene rings is 1. The van der Waals surface area contributed by atoms with Crippen molar-refractivity contribution in [3.8, 4) is 0 Å². The van der Waals surface area contributed by atoms with Gasteiger partial charge in [-0.1, -0.05) is 5.16 Å². The number of fused-ring (bicyclic) bond motifs is 1. The van der Waals surface area contributed by atoms with Gasteiger partial charge in [-0.25, -0.2) is 4.90 Å². The van der Waals surface area contributed by atoms with Crippen LogP contribution in [0.2, 0.25) is 0 Å². The lowest BCUT2D eigenvalue weighted by molar-refractivity contribution is -0.126. The Labute approximate surface area is 142 Å². The molecule has 2 aromatic rings. The van der Waals surface area contributed by atoms with Crippen LogP contribution >= 0.6 is 0 Å². The van der Waals surface area contributed by atoms with E-state index in [1.807, 2.05) is 0 Å². The molecule has 0 aliphatic carbocycles. The molecule has 2 unspecified atom stereocenters. The molecule has 124 valence electrons. The molecule has 25 heavy (non-hydrogen) atoms. The number of amides is 2. The molecule has 0 saturated carbocycles. The number of rotatable bonds is 3. The Morgan fingerprint density at radius 3 is 2.52 bits per heavy atom. The molecule has 0 spiro atoms. The number of pyridine rings is 1. The van der Waals surface area contributed by atoms with E-state index < -0.39 is 23.8 Å². The van der Waals surface area contributed by atoms with Crippen molar-refractivity contribution in [1.82, 2.24) is 4.98 Å². The van der Waals surface area contributed by atoms with Gasteiger partial charge >= 0.3 is 0 Å². The lowest BCUT2D eigenvalue weighted by Crippen LogP contribution is -2.33. The highest BCUT2D eigenvalue weighted by atomic mass is 16.6. The average Bonchev–Trinajstić information content (AvgIpc) is 3.17. The van der Waals surface area contributed by atoms with Crippen LogP contribution in [0.4, 0.5) is 5.69 Å². The maximum atomic E-state index is 12.9. The SMILES string of the molecule is CC(=O)c1ccc(N2C(=O)C3ON=C(c4cccnc4)C3C2=O)cc1. The number of oxime groups is 1. The van der Waals surface area contributed by atoms with E-state index in [1.165, 1.54) is 6.92 Å². The van der Waals surface area contributed by atoms with E-state index in [9.17, 15) is 14.4 Å². The van der Waals surface area contributed by atoms with Gasteiger partial charge in [0.05, 0.1) is 5.69 Å². The molecule has 0 N–H and O–H groups in total. The third-order valence-corrected chi connectivity index (χ3v) is 4.30. The summed E-state index contributed by atoms with van der Waals surface area (Å²) in [6.45, 7) is 1.45. The number of carbonyl (C=O) groups is 3. The summed E-state index contributed by atoms with van der Waals surface area (Å²) in [5, 5.41) is 3.92. The monoisotopic (exact) mass is 335 g/mol.